The first kappa shape index (κ1) is 14.7. The number of nitrogens with one attached hydrogen (secondary N) is 1. The van der Waals surface area contributed by atoms with Gasteiger partial charge in [-0.2, -0.15) is 5.21 Å². The minimum atomic E-state index is -0.336. The Kier molecular flexibility index (Phi) is 4.28. The Bertz CT molecular complexity index is 815. The lowest BCUT2D eigenvalue weighted by atomic mass is 10.2. The Morgan fingerprint density at radius 1 is 1.22 bits per heavy atom. The van der Waals surface area contributed by atoms with Gasteiger partial charge in [-0.15, -0.1) is 10.2 Å². The number of ether oxygens (including phenoxy) is 1. The first-order valence-corrected chi connectivity index (χ1v) is 7.09. The third-order valence-electron chi connectivity index (χ3n) is 3.07. The van der Waals surface area contributed by atoms with Crippen LogP contribution in [0, 0.1) is 0 Å². The molecule has 0 aliphatic rings. The second-order valence-electron chi connectivity index (χ2n) is 4.66. The van der Waals surface area contributed by atoms with Crippen LogP contribution in [0.25, 0.3) is 11.4 Å². The third kappa shape index (κ3) is 3.52. The first-order chi connectivity index (χ1) is 11.3. The van der Waals surface area contributed by atoms with Crippen molar-refractivity contribution in [3.05, 3.63) is 54.1 Å². The molecule has 1 aromatic heterocycles. The van der Waals surface area contributed by atoms with Gasteiger partial charge < -0.3 is 9.84 Å². The predicted octanol–water partition coefficient (Wildman–Crippen LogP) is 1.70. The van der Waals surface area contributed by atoms with Crippen molar-refractivity contribution in [2.24, 2.45) is 4.99 Å². The van der Waals surface area contributed by atoms with Gasteiger partial charge in [0.2, 0.25) is 5.82 Å². The minimum Gasteiger partial charge on any atom is -0.858 e. The van der Waals surface area contributed by atoms with Gasteiger partial charge >= 0.3 is 0 Å². The summed E-state index contributed by atoms with van der Waals surface area (Å²) in [5, 5.41) is 26.0. The highest BCUT2D eigenvalue weighted by Crippen LogP contribution is 2.21. The van der Waals surface area contributed by atoms with Gasteiger partial charge in [-0.25, -0.2) is 0 Å². The molecule has 3 rings (SSSR count). The number of aromatic nitrogens is 4. The molecule has 116 valence electrons. The lowest BCUT2D eigenvalue weighted by molar-refractivity contribution is -0.212. The largest absolute Gasteiger partial charge is 0.858 e. The topological polar surface area (TPSA) is 99.1 Å². The van der Waals surface area contributed by atoms with E-state index >= 15 is 0 Å². The summed E-state index contributed by atoms with van der Waals surface area (Å²) in [4.78, 5) is 4.12. The molecule has 3 aromatic rings. The quantitative estimate of drug-likeness (QED) is 0.571. The van der Waals surface area contributed by atoms with E-state index in [-0.39, 0.29) is 5.90 Å². The first-order valence-electron chi connectivity index (χ1n) is 7.09. The van der Waals surface area contributed by atoms with Gasteiger partial charge in [-0.1, -0.05) is 24.3 Å². The summed E-state index contributed by atoms with van der Waals surface area (Å²) in [5.74, 6) is 0.763. The summed E-state index contributed by atoms with van der Waals surface area (Å²) in [5.41, 5.74) is 1.73. The van der Waals surface area contributed by atoms with Crippen molar-refractivity contribution in [1.29, 1.82) is 0 Å². The molecule has 1 heterocycles. The second-order valence-corrected chi connectivity index (χ2v) is 4.66. The molecule has 2 aromatic carbocycles. The van der Waals surface area contributed by atoms with Gasteiger partial charge in [0.05, 0.1) is 12.3 Å². The minimum absolute atomic E-state index is 0.336. The number of nitrogens with zero attached hydrogens (tertiary/aromatic N) is 4. The van der Waals surface area contributed by atoms with Gasteiger partial charge in [-0.05, 0) is 47.9 Å². The molecule has 1 N–H and O–H groups in total. The van der Waals surface area contributed by atoms with Crippen LogP contribution in [0.3, 0.4) is 0 Å². The maximum Gasteiger partial charge on any atom is 0.204 e. The summed E-state index contributed by atoms with van der Waals surface area (Å²) in [6, 6.07) is 14.0. The summed E-state index contributed by atoms with van der Waals surface area (Å²) >= 11 is 0. The number of rotatable bonds is 5. The molecule has 0 unspecified atom stereocenters. The lowest BCUT2D eigenvalue weighted by Gasteiger charge is -2.12. The highest BCUT2D eigenvalue weighted by atomic mass is 16.5. The summed E-state index contributed by atoms with van der Waals surface area (Å²) < 4.78 is 5.39. The number of hydrogen-bond donors (Lipinski definition) is 1. The molecule has 23 heavy (non-hydrogen) atoms. The van der Waals surface area contributed by atoms with Crippen LogP contribution in [0.5, 0.6) is 5.75 Å². The van der Waals surface area contributed by atoms with E-state index in [1.54, 1.807) is 42.5 Å². The van der Waals surface area contributed by atoms with Gasteiger partial charge in [0, 0.05) is 5.56 Å². The van der Waals surface area contributed by atoms with Crippen LogP contribution < -0.4 is 9.84 Å². The lowest BCUT2D eigenvalue weighted by Crippen LogP contribution is -2.18. The van der Waals surface area contributed by atoms with Crippen LogP contribution in [-0.4, -0.2) is 33.1 Å². The van der Waals surface area contributed by atoms with Crippen LogP contribution in [-0.2, 0) is 0 Å². The summed E-state index contributed by atoms with van der Waals surface area (Å²) in [7, 11) is 0. The molecular weight excluding hydrogens is 294 g/mol. The molecule has 0 radical (unpaired) electrons. The molecule has 0 saturated heterocycles. The van der Waals surface area contributed by atoms with Crippen molar-refractivity contribution in [1.82, 2.24) is 20.6 Å². The Hall–Kier alpha value is -3.22. The SMILES string of the molecule is CCOc1cccc(C([O-])=Nc2cccc(-c3nn[nH]n3)c2)c1. The molecule has 0 fully saturated rings. The molecule has 0 saturated carbocycles. The highest BCUT2D eigenvalue weighted by molar-refractivity contribution is 5.93. The van der Waals surface area contributed by atoms with Crippen molar-refractivity contribution in [3.8, 4) is 17.1 Å². The van der Waals surface area contributed by atoms with Crippen molar-refractivity contribution >= 4 is 11.6 Å². The molecule has 0 bridgehead atoms. The summed E-state index contributed by atoms with van der Waals surface area (Å²) in [6.07, 6.45) is 0. The van der Waals surface area contributed by atoms with Crippen LogP contribution in [0.15, 0.2) is 53.5 Å². The van der Waals surface area contributed by atoms with Gasteiger partial charge in [0.25, 0.3) is 0 Å². The number of H-pyrrole nitrogens is 1. The molecular formula is C16H14N5O2-. The van der Waals surface area contributed by atoms with Gasteiger partial charge in [0.1, 0.15) is 5.75 Å². The molecule has 7 heteroatoms. The van der Waals surface area contributed by atoms with Crippen LogP contribution in [0.2, 0.25) is 0 Å². The van der Waals surface area contributed by atoms with Crippen LogP contribution in [0.1, 0.15) is 12.5 Å². The molecule has 0 amide bonds. The molecule has 0 spiro atoms. The number of benzene rings is 2. The number of aliphatic imine (C=N–C) groups is 1. The average Bonchev–Trinajstić information content (AvgIpc) is 3.10. The van der Waals surface area contributed by atoms with Crippen LogP contribution >= 0.6 is 0 Å². The average molecular weight is 308 g/mol. The standard InChI is InChI=1S/C16H15N5O2/c1-2-23-14-8-4-6-12(10-14)16(22)17-13-7-3-5-11(9-13)15-18-20-21-19-15/h3-10H,2H2,1H3,(H,17,22)(H,18,19,20,21)/p-1. The van der Waals surface area contributed by atoms with Crippen molar-refractivity contribution in [2.45, 2.75) is 6.92 Å². The normalized spacial score (nSPS) is 11.4. The highest BCUT2D eigenvalue weighted by Gasteiger charge is 2.03. The predicted molar refractivity (Wildman–Crippen MR) is 83.4 cm³/mol. The van der Waals surface area contributed by atoms with E-state index in [9.17, 15) is 5.11 Å². The van der Waals surface area contributed by atoms with Crippen molar-refractivity contribution in [3.63, 3.8) is 0 Å². The third-order valence-corrected chi connectivity index (χ3v) is 3.07. The van der Waals surface area contributed by atoms with Gasteiger partial charge in [0.15, 0.2) is 0 Å². The van der Waals surface area contributed by atoms with E-state index in [1.165, 1.54) is 0 Å². The number of aromatic amines is 1. The maximum absolute atomic E-state index is 12.3. The fourth-order valence-corrected chi connectivity index (χ4v) is 2.07. The van der Waals surface area contributed by atoms with Gasteiger partial charge in [-0.3, -0.25) is 4.99 Å². The Labute approximate surface area is 132 Å². The molecule has 0 atom stereocenters. The monoisotopic (exact) mass is 308 g/mol. The zero-order valence-electron chi connectivity index (χ0n) is 12.4. The van der Waals surface area contributed by atoms with Crippen molar-refractivity contribution in [2.75, 3.05) is 6.61 Å². The van der Waals surface area contributed by atoms with E-state index < -0.39 is 0 Å². The Morgan fingerprint density at radius 2 is 2.09 bits per heavy atom. The zero-order valence-corrected chi connectivity index (χ0v) is 12.4. The van der Waals surface area contributed by atoms with E-state index in [0.717, 1.165) is 5.56 Å². The zero-order chi connectivity index (χ0) is 16.1. The smallest absolute Gasteiger partial charge is 0.204 e. The molecule has 0 aliphatic heterocycles. The fraction of sp³-hybridized carbons (Fsp3) is 0.125. The Balaban J connectivity index is 1.89. The maximum atomic E-state index is 12.3. The Morgan fingerprint density at radius 3 is 2.87 bits per heavy atom. The van der Waals surface area contributed by atoms with E-state index in [4.69, 9.17) is 4.74 Å². The molecule has 0 aliphatic carbocycles. The second kappa shape index (κ2) is 6.69. The number of hydrogen-bond acceptors (Lipinski definition) is 6. The molecule has 7 nitrogen and oxygen atoms in total. The van der Waals surface area contributed by atoms with Crippen molar-refractivity contribution < 1.29 is 9.84 Å². The number of tetrazole rings is 1. The van der Waals surface area contributed by atoms with Crippen LogP contribution in [0.4, 0.5) is 5.69 Å². The summed E-state index contributed by atoms with van der Waals surface area (Å²) in [6.45, 7) is 2.43. The van der Waals surface area contributed by atoms with E-state index in [1.807, 2.05) is 13.0 Å². The van der Waals surface area contributed by atoms with E-state index in [2.05, 4.69) is 25.6 Å². The fourth-order valence-electron chi connectivity index (χ4n) is 2.07. The van der Waals surface area contributed by atoms with E-state index in [0.29, 0.717) is 29.4 Å².